The van der Waals surface area contributed by atoms with Crippen LogP contribution in [-0.4, -0.2) is 16.4 Å². The van der Waals surface area contributed by atoms with Crippen molar-refractivity contribution in [3.63, 3.8) is 0 Å². The molecular weight excluding hydrogens is 258 g/mol. The maximum absolute atomic E-state index is 10.6. The number of nitrogens with zero attached hydrogens (tertiary/aromatic N) is 1. The highest BCUT2D eigenvalue weighted by atomic mass is 32.2. The molecule has 1 aromatic rings. The summed E-state index contributed by atoms with van der Waals surface area (Å²) in [6.45, 7) is 4.46. The van der Waals surface area contributed by atoms with Crippen LogP contribution in [-0.2, 0) is 16.6 Å². The quantitative estimate of drug-likeness (QED) is 0.385. The van der Waals surface area contributed by atoms with Crippen molar-refractivity contribution in [2.24, 2.45) is 0 Å². The molecule has 0 amide bonds. The lowest BCUT2D eigenvalue weighted by Gasteiger charge is -2.08. The molecule has 19 heavy (non-hydrogen) atoms. The third kappa shape index (κ3) is 6.10. The molecule has 0 saturated heterocycles. The third-order valence-electron chi connectivity index (χ3n) is 3.09. The molecule has 0 radical (unpaired) electrons. The van der Waals surface area contributed by atoms with Crippen LogP contribution in [0.2, 0.25) is 0 Å². The molecule has 0 N–H and O–H groups in total. The summed E-state index contributed by atoms with van der Waals surface area (Å²) in [5.41, 5.74) is 1.42. The minimum Gasteiger partial charge on any atom is -0.258 e. The number of nitro benzene ring substituents is 1. The van der Waals surface area contributed by atoms with E-state index in [-0.39, 0.29) is 10.6 Å². The van der Waals surface area contributed by atoms with Crippen LogP contribution < -0.4 is 0 Å². The van der Waals surface area contributed by atoms with E-state index in [4.69, 9.17) is 0 Å². The van der Waals surface area contributed by atoms with E-state index in [9.17, 15) is 10.1 Å². The van der Waals surface area contributed by atoms with Crippen molar-refractivity contribution in [2.45, 2.75) is 45.3 Å². The molecule has 4 heteroatoms. The first-order valence-corrected chi connectivity index (χ1v) is 8.78. The SMILES string of the molecule is CCCC[S+](CCCC)Cc1ccc([N+](=O)[O-])cc1. The van der Waals surface area contributed by atoms with E-state index in [1.807, 2.05) is 12.1 Å². The fourth-order valence-electron chi connectivity index (χ4n) is 1.89. The number of non-ortho nitro benzene ring substituents is 1. The number of rotatable bonds is 9. The second-order valence-electron chi connectivity index (χ2n) is 4.80. The fraction of sp³-hybridized carbons (Fsp3) is 0.600. The summed E-state index contributed by atoms with van der Waals surface area (Å²) in [5.74, 6) is 3.68. The topological polar surface area (TPSA) is 43.1 Å². The predicted molar refractivity (Wildman–Crippen MR) is 83.7 cm³/mol. The van der Waals surface area contributed by atoms with E-state index in [0.29, 0.717) is 10.9 Å². The summed E-state index contributed by atoms with van der Waals surface area (Å²) in [6, 6.07) is 7.07. The van der Waals surface area contributed by atoms with Gasteiger partial charge in [-0.3, -0.25) is 10.1 Å². The van der Waals surface area contributed by atoms with E-state index in [1.165, 1.54) is 42.8 Å². The van der Waals surface area contributed by atoms with Crippen LogP contribution in [0.5, 0.6) is 0 Å². The van der Waals surface area contributed by atoms with Crippen molar-refractivity contribution >= 4 is 16.6 Å². The average Bonchev–Trinajstić information content (AvgIpc) is 2.42. The third-order valence-corrected chi connectivity index (χ3v) is 5.56. The van der Waals surface area contributed by atoms with E-state index < -0.39 is 0 Å². The summed E-state index contributed by atoms with van der Waals surface area (Å²) in [5, 5.41) is 10.6. The van der Waals surface area contributed by atoms with Crippen LogP contribution in [0, 0.1) is 10.1 Å². The van der Waals surface area contributed by atoms with Crippen LogP contribution in [0.3, 0.4) is 0 Å². The molecule has 0 spiro atoms. The van der Waals surface area contributed by atoms with Gasteiger partial charge in [-0.05, 0) is 35.9 Å². The highest BCUT2D eigenvalue weighted by Crippen LogP contribution is 2.17. The van der Waals surface area contributed by atoms with Crippen LogP contribution in [0.15, 0.2) is 24.3 Å². The first-order chi connectivity index (χ1) is 9.17. The monoisotopic (exact) mass is 282 g/mol. The fourth-order valence-corrected chi connectivity index (χ4v) is 4.44. The summed E-state index contributed by atoms with van der Waals surface area (Å²) in [7, 11) is 0.438. The minimum absolute atomic E-state index is 0.186. The summed E-state index contributed by atoms with van der Waals surface area (Å²) >= 11 is 0. The number of hydrogen-bond donors (Lipinski definition) is 0. The Morgan fingerprint density at radius 1 is 1.05 bits per heavy atom. The molecule has 0 fully saturated rings. The van der Waals surface area contributed by atoms with E-state index in [2.05, 4.69) is 13.8 Å². The Kier molecular flexibility index (Phi) is 7.56. The Balaban J connectivity index is 2.58. The molecule has 0 aromatic heterocycles. The Morgan fingerprint density at radius 2 is 1.58 bits per heavy atom. The summed E-state index contributed by atoms with van der Waals surface area (Å²) in [6.07, 6.45) is 5.07. The number of benzene rings is 1. The second kappa shape index (κ2) is 8.97. The normalized spacial score (nSPS) is 10.9. The maximum Gasteiger partial charge on any atom is 0.269 e. The molecule has 0 saturated carbocycles. The molecule has 0 aliphatic heterocycles. The lowest BCUT2D eigenvalue weighted by Crippen LogP contribution is -2.15. The zero-order valence-corrected chi connectivity index (χ0v) is 12.7. The lowest BCUT2D eigenvalue weighted by atomic mass is 10.2. The zero-order chi connectivity index (χ0) is 14.1. The maximum atomic E-state index is 10.6. The highest BCUT2D eigenvalue weighted by molar-refractivity contribution is 7.96. The van der Waals surface area contributed by atoms with Gasteiger partial charge in [0.1, 0.15) is 17.3 Å². The Hall–Kier alpha value is -1.03. The van der Waals surface area contributed by atoms with Crippen molar-refractivity contribution in [1.29, 1.82) is 0 Å². The molecule has 0 aliphatic carbocycles. The summed E-state index contributed by atoms with van der Waals surface area (Å²) < 4.78 is 0. The number of unbranched alkanes of at least 4 members (excludes halogenated alkanes) is 2. The van der Waals surface area contributed by atoms with Gasteiger partial charge >= 0.3 is 0 Å². The van der Waals surface area contributed by atoms with E-state index >= 15 is 0 Å². The van der Waals surface area contributed by atoms with Gasteiger partial charge in [-0.1, -0.05) is 26.7 Å². The predicted octanol–water partition coefficient (Wildman–Crippen LogP) is 4.31. The minimum atomic E-state index is -0.336. The van der Waals surface area contributed by atoms with E-state index in [0.717, 1.165) is 5.75 Å². The van der Waals surface area contributed by atoms with Gasteiger partial charge in [0.2, 0.25) is 0 Å². The lowest BCUT2D eigenvalue weighted by molar-refractivity contribution is -0.384. The van der Waals surface area contributed by atoms with Gasteiger partial charge in [0.25, 0.3) is 5.69 Å². The first kappa shape index (κ1) is 16.0. The highest BCUT2D eigenvalue weighted by Gasteiger charge is 2.18. The molecule has 0 heterocycles. The van der Waals surface area contributed by atoms with Crippen molar-refractivity contribution < 1.29 is 4.92 Å². The van der Waals surface area contributed by atoms with Gasteiger partial charge < -0.3 is 0 Å². The van der Waals surface area contributed by atoms with Crippen LogP contribution in [0.1, 0.15) is 45.1 Å². The molecule has 3 nitrogen and oxygen atoms in total. The molecule has 0 bridgehead atoms. The van der Waals surface area contributed by atoms with Crippen LogP contribution >= 0.6 is 0 Å². The Labute approximate surface area is 118 Å². The van der Waals surface area contributed by atoms with Gasteiger partial charge in [-0.15, -0.1) is 0 Å². The van der Waals surface area contributed by atoms with Gasteiger partial charge in [-0.2, -0.15) is 0 Å². The number of hydrogen-bond acceptors (Lipinski definition) is 2. The number of nitro groups is 1. The average molecular weight is 282 g/mol. The molecule has 0 aliphatic rings. The van der Waals surface area contributed by atoms with E-state index in [1.54, 1.807) is 12.1 Å². The first-order valence-electron chi connectivity index (χ1n) is 7.04. The van der Waals surface area contributed by atoms with Crippen LogP contribution in [0.4, 0.5) is 5.69 Å². The zero-order valence-electron chi connectivity index (χ0n) is 11.9. The van der Waals surface area contributed by atoms with Gasteiger partial charge in [-0.25, -0.2) is 0 Å². The molecule has 0 unspecified atom stereocenters. The molecule has 1 rings (SSSR count). The standard InChI is InChI=1S/C15H24NO2S/c1-3-5-11-19(12-6-4-2)13-14-7-9-15(10-8-14)16(17)18/h7-10H,3-6,11-13H2,1-2H3/q+1. The molecular formula is C15H24NO2S+. The van der Waals surface area contributed by atoms with Crippen molar-refractivity contribution in [3.8, 4) is 0 Å². The summed E-state index contributed by atoms with van der Waals surface area (Å²) in [4.78, 5) is 10.3. The van der Waals surface area contributed by atoms with Crippen molar-refractivity contribution in [2.75, 3.05) is 11.5 Å². The van der Waals surface area contributed by atoms with Crippen LogP contribution in [0.25, 0.3) is 0 Å². The van der Waals surface area contributed by atoms with Crippen molar-refractivity contribution in [3.05, 3.63) is 39.9 Å². The Bertz CT molecular complexity index is 370. The van der Waals surface area contributed by atoms with Crippen molar-refractivity contribution in [1.82, 2.24) is 0 Å². The van der Waals surface area contributed by atoms with Gasteiger partial charge in [0, 0.05) is 17.7 Å². The molecule has 1 aromatic carbocycles. The molecule has 106 valence electrons. The smallest absolute Gasteiger partial charge is 0.258 e. The largest absolute Gasteiger partial charge is 0.269 e. The Morgan fingerprint density at radius 3 is 2.00 bits per heavy atom. The molecule has 0 atom stereocenters. The van der Waals surface area contributed by atoms with Gasteiger partial charge in [0.15, 0.2) is 0 Å². The second-order valence-corrected chi connectivity index (χ2v) is 7.13. The van der Waals surface area contributed by atoms with Gasteiger partial charge in [0.05, 0.1) is 4.92 Å².